The van der Waals surface area contributed by atoms with Gasteiger partial charge in [-0.2, -0.15) is 0 Å². The van der Waals surface area contributed by atoms with E-state index < -0.39 is 18.1 Å². The highest BCUT2D eigenvalue weighted by Crippen LogP contribution is 2.25. The van der Waals surface area contributed by atoms with Crippen LogP contribution in [-0.4, -0.2) is 71.1 Å². The van der Waals surface area contributed by atoms with Gasteiger partial charge in [0.25, 0.3) is 0 Å². The van der Waals surface area contributed by atoms with Gasteiger partial charge in [-0.3, -0.25) is 4.90 Å². The lowest BCUT2D eigenvalue weighted by Gasteiger charge is -2.39. The van der Waals surface area contributed by atoms with Gasteiger partial charge in [-0.25, -0.2) is 17.1 Å². The van der Waals surface area contributed by atoms with Crippen molar-refractivity contribution in [2.75, 3.05) is 50.3 Å². The number of hydrogen-bond acceptors (Lipinski definition) is 4. The minimum atomic E-state index is -3.39. The highest BCUT2D eigenvalue weighted by molar-refractivity contribution is 7.89. The van der Waals surface area contributed by atoms with Gasteiger partial charge >= 0.3 is 0 Å². The van der Waals surface area contributed by atoms with E-state index in [1.807, 2.05) is 30.3 Å². The third-order valence-electron chi connectivity index (χ3n) is 6.25. The second-order valence-electron chi connectivity index (χ2n) is 8.88. The predicted molar refractivity (Wildman–Crippen MR) is 122 cm³/mol. The van der Waals surface area contributed by atoms with Crippen molar-refractivity contribution >= 4 is 29.0 Å². The molecule has 1 fully saturated rings. The standard InChI is InChI=1S/C22H30FN3O2SSi/c1-30(2)18-26(29(27,28)21-6-3-4-7-22(21)30)13-5-12-24-14-16-25(17-15-24)20-10-8-19(23)9-11-20/h3-4,6-11H,5,12-18H2,1-2H3. The number of nitrogens with zero attached hydrogens (tertiary/aromatic N) is 3. The minimum Gasteiger partial charge on any atom is -0.369 e. The van der Waals surface area contributed by atoms with E-state index in [9.17, 15) is 12.8 Å². The SMILES string of the molecule is C[Si]1(C)CN(CCCN2CCN(c3ccc(F)cc3)CC2)S(=O)(=O)c2ccccc21. The summed E-state index contributed by atoms with van der Waals surface area (Å²) >= 11 is 0. The molecule has 5 nitrogen and oxygen atoms in total. The molecule has 2 aromatic rings. The summed E-state index contributed by atoms with van der Waals surface area (Å²) in [6, 6.07) is 14.2. The first kappa shape index (κ1) is 21.5. The molecule has 0 amide bonds. The molecule has 0 radical (unpaired) electrons. The van der Waals surface area contributed by atoms with Crippen LogP contribution in [0.25, 0.3) is 0 Å². The Morgan fingerprint density at radius 3 is 2.30 bits per heavy atom. The summed E-state index contributed by atoms with van der Waals surface area (Å²) in [7, 11) is -5.20. The third-order valence-corrected chi connectivity index (χ3v) is 11.6. The first-order valence-electron chi connectivity index (χ1n) is 10.6. The lowest BCUT2D eigenvalue weighted by atomic mass is 10.2. The van der Waals surface area contributed by atoms with Crippen LogP contribution in [0, 0.1) is 5.82 Å². The first-order valence-corrected chi connectivity index (χ1v) is 15.2. The van der Waals surface area contributed by atoms with Crippen LogP contribution in [0.3, 0.4) is 0 Å². The zero-order valence-corrected chi connectivity index (χ0v) is 19.5. The van der Waals surface area contributed by atoms with Crippen LogP contribution in [-0.2, 0) is 10.0 Å². The van der Waals surface area contributed by atoms with Crippen molar-refractivity contribution < 1.29 is 12.8 Å². The summed E-state index contributed by atoms with van der Waals surface area (Å²) in [5.41, 5.74) is 1.06. The largest absolute Gasteiger partial charge is 0.369 e. The van der Waals surface area contributed by atoms with Crippen LogP contribution >= 0.6 is 0 Å². The van der Waals surface area contributed by atoms with Crippen LogP contribution in [0.4, 0.5) is 10.1 Å². The number of benzene rings is 2. The number of halogens is 1. The van der Waals surface area contributed by atoms with Crippen molar-refractivity contribution in [2.45, 2.75) is 24.4 Å². The monoisotopic (exact) mass is 447 g/mol. The molecule has 0 bridgehead atoms. The van der Waals surface area contributed by atoms with E-state index in [-0.39, 0.29) is 5.82 Å². The van der Waals surface area contributed by atoms with Gasteiger partial charge in [0, 0.05) is 44.6 Å². The fourth-order valence-corrected chi connectivity index (χ4v) is 11.2. The van der Waals surface area contributed by atoms with Crippen LogP contribution in [0.2, 0.25) is 13.1 Å². The summed E-state index contributed by atoms with van der Waals surface area (Å²) in [5, 5.41) is 1.05. The lowest BCUT2D eigenvalue weighted by Crippen LogP contribution is -2.60. The van der Waals surface area contributed by atoms with Gasteiger partial charge in [0.15, 0.2) is 0 Å². The van der Waals surface area contributed by atoms with E-state index in [0.717, 1.165) is 50.0 Å². The maximum Gasteiger partial charge on any atom is 0.242 e. The molecule has 8 heteroatoms. The highest BCUT2D eigenvalue weighted by atomic mass is 32.2. The molecule has 0 aliphatic carbocycles. The number of sulfonamides is 1. The molecule has 0 saturated carbocycles. The third kappa shape index (κ3) is 4.32. The fourth-order valence-electron chi connectivity index (χ4n) is 4.55. The fraction of sp³-hybridized carbons (Fsp3) is 0.455. The molecule has 0 aromatic heterocycles. The molecule has 30 heavy (non-hydrogen) atoms. The Bertz CT molecular complexity index is 990. The molecule has 2 aliphatic heterocycles. The average molecular weight is 448 g/mol. The molecule has 1 saturated heterocycles. The smallest absolute Gasteiger partial charge is 0.242 e. The second kappa shape index (κ2) is 8.41. The van der Waals surface area contributed by atoms with Gasteiger partial charge in [0.2, 0.25) is 10.0 Å². The van der Waals surface area contributed by atoms with Crippen molar-refractivity contribution in [3.05, 3.63) is 54.3 Å². The summed E-state index contributed by atoms with van der Waals surface area (Å²) in [4.78, 5) is 5.18. The maximum atomic E-state index is 13.1. The molecule has 0 N–H and O–H groups in total. The number of rotatable bonds is 5. The maximum absolute atomic E-state index is 13.1. The predicted octanol–water partition coefficient (Wildman–Crippen LogP) is 2.50. The molecule has 0 atom stereocenters. The van der Waals surface area contributed by atoms with Crippen LogP contribution in [0.15, 0.2) is 53.4 Å². The quantitative estimate of drug-likeness (QED) is 0.661. The van der Waals surface area contributed by atoms with E-state index in [1.54, 1.807) is 10.4 Å². The van der Waals surface area contributed by atoms with E-state index >= 15 is 0 Å². The number of hydrogen-bond donors (Lipinski definition) is 0. The normalized spacial score (nSPS) is 21.4. The Morgan fingerprint density at radius 2 is 1.60 bits per heavy atom. The van der Waals surface area contributed by atoms with Crippen molar-refractivity contribution in [1.29, 1.82) is 0 Å². The number of fused-ring (bicyclic) bond motifs is 1. The van der Waals surface area contributed by atoms with Gasteiger partial charge in [-0.1, -0.05) is 31.3 Å². The van der Waals surface area contributed by atoms with Crippen molar-refractivity contribution in [3.63, 3.8) is 0 Å². The Kier molecular flexibility index (Phi) is 6.03. The number of piperazine rings is 1. The average Bonchev–Trinajstić information content (AvgIpc) is 2.73. The second-order valence-corrected chi connectivity index (χ2v) is 15.4. The van der Waals surface area contributed by atoms with Gasteiger partial charge in [-0.15, -0.1) is 0 Å². The Morgan fingerprint density at radius 1 is 0.933 bits per heavy atom. The van der Waals surface area contributed by atoms with Crippen molar-refractivity contribution in [3.8, 4) is 0 Å². The molecule has 2 heterocycles. The molecule has 4 rings (SSSR count). The Hall–Kier alpha value is -1.74. The zero-order chi connectivity index (χ0) is 21.4. The molecule has 2 aliphatic rings. The topological polar surface area (TPSA) is 43.9 Å². The highest BCUT2D eigenvalue weighted by Gasteiger charge is 2.41. The number of anilines is 1. The van der Waals surface area contributed by atoms with Crippen molar-refractivity contribution in [1.82, 2.24) is 9.21 Å². The Balaban J connectivity index is 1.31. The van der Waals surface area contributed by atoms with E-state index in [4.69, 9.17) is 0 Å². The van der Waals surface area contributed by atoms with Gasteiger partial charge in [-0.05, 0) is 48.5 Å². The van der Waals surface area contributed by atoms with Crippen molar-refractivity contribution in [2.24, 2.45) is 0 Å². The summed E-state index contributed by atoms with van der Waals surface area (Å²) in [6.07, 6.45) is 1.49. The molecule has 162 valence electrons. The molecule has 2 aromatic carbocycles. The summed E-state index contributed by atoms with van der Waals surface area (Å²) in [6.45, 7) is 9.66. The first-order chi connectivity index (χ1) is 14.3. The summed E-state index contributed by atoms with van der Waals surface area (Å²) in [5.74, 6) is -0.209. The molecular weight excluding hydrogens is 417 g/mol. The molecular formula is C22H30FN3O2SSi. The van der Waals surface area contributed by atoms with Crippen LogP contribution in [0.1, 0.15) is 6.42 Å². The minimum absolute atomic E-state index is 0.209. The van der Waals surface area contributed by atoms with Gasteiger partial charge in [0.1, 0.15) is 5.82 Å². The van der Waals surface area contributed by atoms with E-state index in [0.29, 0.717) is 17.6 Å². The lowest BCUT2D eigenvalue weighted by molar-refractivity contribution is 0.247. The zero-order valence-electron chi connectivity index (χ0n) is 17.7. The van der Waals surface area contributed by atoms with E-state index in [2.05, 4.69) is 22.9 Å². The van der Waals surface area contributed by atoms with Gasteiger partial charge in [0.05, 0.1) is 13.0 Å². The van der Waals surface area contributed by atoms with Gasteiger partial charge < -0.3 is 4.90 Å². The van der Waals surface area contributed by atoms with Crippen LogP contribution < -0.4 is 10.1 Å². The molecule has 0 spiro atoms. The Labute approximate surface area is 180 Å². The molecule has 0 unspecified atom stereocenters. The summed E-state index contributed by atoms with van der Waals surface area (Å²) < 4.78 is 41.0. The van der Waals surface area contributed by atoms with Crippen LogP contribution in [0.5, 0.6) is 0 Å². The van der Waals surface area contributed by atoms with E-state index in [1.165, 1.54) is 12.1 Å².